The third-order valence-electron chi connectivity index (χ3n) is 5.72. The van der Waals surface area contributed by atoms with E-state index >= 15 is 0 Å². The average molecular weight is 429 g/mol. The first-order valence-corrected chi connectivity index (χ1v) is 11.1. The van der Waals surface area contributed by atoms with Crippen molar-refractivity contribution in [2.24, 2.45) is 10.9 Å². The van der Waals surface area contributed by atoms with Crippen molar-refractivity contribution in [3.05, 3.63) is 27.7 Å². The highest BCUT2D eigenvalue weighted by Gasteiger charge is 2.29. The second-order valence-electron chi connectivity index (χ2n) is 7.72. The molecule has 1 N–H and O–H groups in total. The van der Waals surface area contributed by atoms with Crippen molar-refractivity contribution in [3.63, 3.8) is 0 Å². The second kappa shape index (κ2) is 9.54. The van der Waals surface area contributed by atoms with Gasteiger partial charge in [-0.25, -0.2) is 4.99 Å². The Morgan fingerprint density at radius 2 is 2.07 bits per heavy atom. The highest BCUT2D eigenvalue weighted by atomic mass is 32.1. The van der Waals surface area contributed by atoms with Crippen LogP contribution in [0, 0.1) is 24.2 Å². The fourth-order valence-electron chi connectivity index (χ4n) is 4.13. The molecule has 0 saturated carbocycles. The van der Waals surface area contributed by atoms with E-state index in [1.807, 2.05) is 19.9 Å². The van der Waals surface area contributed by atoms with Gasteiger partial charge in [-0.3, -0.25) is 9.59 Å². The number of anilines is 1. The summed E-state index contributed by atoms with van der Waals surface area (Å²) in [6, 6.07) is 2.53. The van der Waals surface area contributed by atoms with Gasteiger partial charge >= 0.3 is 0 Å². The molecular formula is C22H28N4O3S. The highest BCUT2D eigenvalue weighted by Crippen LogP contribution is 2.37. The van der Waals surface area contributed by atoms with Gasteiger partial charge in [0.25, 0.3) is 11.8 Å². The lowest BCUT2D eigenvalue weighted by Crippen LogP contribution is -2.39. The molecule has 3 rings (SSSR count). The normalized spacial score (nSPS) is 19.7. The van der Waals surface area contributed by atoms with Crippen molar-refractivity contribution in [1.29, 1.82) is 5.26 Å². The summed E-state index contributed by atoms with van der Waals surface area (Å²) in [6.45, 7) is 10.1. The number of nitriles is 1. The Bertz CT molecular complexity index is 935. The number of carbonyl (C=O) groups excluding carboxylic acids is 2. The summed E-state index contributed by atoms with van der Waals surface area (Å²) in [4.78, 5) is 31.9. The third-order valence-corrected chi connectivity index (χ3v) is 6.95. The predicted octanol–water partition coefficient (Wildman–Crippen LogP) is 3.23. The van der Waals surface area contributed by atoms with Gasteiger partial charge in [0, 0.05) is 38.1 Å². The summed E-state index contributed by atoms with van der Waals surface area (Å²) in [5.74, 6) is -1.02. The summed E-state index contributed by atoms with van der Waals surface area (Å²) in [5.41, 5.74) is 2.79. The molecule has 0 bridgehead atoms. The van der Waals surface area contributed by atoms with E-state index in [1.54, 1.807) is 6.92 Å². The number of aliphatic imine (C=N–C) groups is 1. The number of dihydropyridines is 1. The summed E-state index contributed by atoms with van der Waals surface area (Å²) in [5, 5.41) is 13.5. The molecule has 1 aromatic rings. The monoisotopic (exact) mass is 428 g/mol. The molecule has 1 unspecified atom stereocenters. The number of amides is 2. The van der Waals surface area contributed by atoms with Crippen molar-refractivity contribution in [2.45, 2.75) is 46.6 Å². The first-order valence-electron chi connectivity index (χ1n) is 10.3. The standard InChI is InChI=1S/C22H28N4O3S/c1-5-26(16-6-8-29-9-7-16)22-15(4)19(18(11-23)30-22)21(28)24-12-17-13(2)10-14(3)25-20(17)27/h10,16-17H,5-9,12H2,1-4H3,(H,24,28). The van der Waals surface area contributed by atoms with E-state index in [-0.39, 0.29) is 18.4 Å². The van der Waals surface area contributed by atoms with Crippen molar-refractivity contribution in [2.75, 3.05) is 31.2 Å². The van der Waals surface area contributed by atoms with Gasteiger partial charge in [0.15, 0.2) is 0 Å². The molecule has 160 valence electrons. The first kappa shape index (κ1) is 22.2. The molecule has 3 heterocycles. The maximum absolute atomic E-state index is 13.0. The maximum Gasteiger partial charge on any atom is 0.254 e. The lowest BCUT2D eigenvalue weighted by molar-refractivity contribution is -0.120. The molecule has 7 nitrogen and oxygen atoms in total. The second-order valence-corrected chi connectivity index (χ2v) is 8.72. The van der Waals surface area contributed by atoms with Gasteiger partial charge in [0.1, 0.15) is 10.9 Å². The zero-order valence-corrected chi connectivity index (χ0v) is 18.8. The number of hydrogen-bond acceptors (Lipinski definition) is 6. The van der Waals surface area contributed by atoms with Gasteiger partial charge in [-0.05, 0) is 52.2 Å². The third kappa shape index (κ3) is 4.47. The zero-order chi connectivity index (χ0) is 21.8. The van der Waals surface area contributed by atoms with E-state index < -0.39 is 5.92 Å². The van der Waals surface area contributed by atoms with E-state index in [9.17, 15) is 14.9 Å². The topological polar surface area (TPSA) is 94.8 Å². The average Bonchev–Trinajstić information content (AvgIpc) is 3.05. The number of carbonyl (C=O) groups is 2. The fourth-order valence-corrected chi connectivity index (χ4v) is 5.37. The molecule has 8 heteroatoms. The van der Waals surface area contributed by atoms with Gasteiger partial charge in [0.05, 0.1) is 16.5 Å². The molecule has 0 aliphatic carbocycles. The van der Waals surface area contributed by atoms with Gasteiger partial charge in [-0.2, -0.15) is 5.26 Å². The molecule has 1 fully saturated rings. The SMILES string of the molecule is CCN(c1sc(C#N)c(C(=O)NCC2C(=O)N=C(C)C=C2C)c1C)C1CCOCC1. The summed E-state index contributed by atoms with van der Waals surface area (Å²) in [7, 11) is 0. The van der Waals surface area contributed by atoms with Crippen LogP contribution >= 0.6 is 11.3 Å². The Labute approximate surface area is 181 Å². The Kier molecular flexibility index (Phi) is 7.06. The fraction of sp³-hybridized carbons (Fsp3) is 0.545. The molecule has 1 atom stereocenters. The van der Waals surface area contributed by atoms with Crippen LogP contribution in [0.1, 0.15) is 54.4 Å². The number of hydrogen-bond donors (Lipinski definition) is 1. The minimum Gasteiger partial charge on any atom is -0.381 e. The lowest BCUT2D eigenvalue weighted by atomic mass is 9.95. The smallest absolute Gasteiger partial charge is 0.254 e. The lowest BCUT2D eigenvalue weighted by Gasteiger charge is -2.34. The van der Waals surface area contributed by atoms with Crippen molar-refractivity contribution in [3.8, 4) is 6.07 Å². The first-order chi connectivity index (χ1) is 14.4. The van der Waals surface area contributed by atoms with Crippen molar-refractivity contribution in [1.82, 2.24) is 5.32 Å². The van der Waals surface area contributed by atoms with Gasteiger partial charge < -0.3 is 15.0 Å². The van der Waals surface area contributed by atoms with Crippen LogP contribution in [0.4, 0.5) is 5.00 Å². The largest absolute Gasteiger partial charge is 0.381 e. The van der Waals surface area contributed by atoms with Crippen LogP contribution in [-0.2, 0) is 9.53 Å². The van der Waals surface area contributed by atoms with E-state index in [0.717, 1.165) is 48.7 Å². The Hall–Kier alpha value is -2.50. The molecule has 2 aliphatic rings. The number of ether oxygens (including phenoxy) is 1. The number of allylic oxidation sites excluding steroid dienone is 1. The van der Waals surface area contributed by atoms with Gasteiger partial charge in [0.2, 0.25) is 0 Å². The molecule has 0 aromatic carbocycles. The van der Waals surface area contributed by atoms with Gasteiger partial charge in [-0.15, -0.1) is 11.3 Å². The van der Waals surface area contributed by atoms with Crippen LogP contribution in [0.15, 0.2) is 16.6 Å². The Balaban J connectivity index is 1.80. The van der Waals surface area contributed by atoms with Crippen molar-refractivity contribution < 1.29 is 14.3 Å². The minimum absolute atomic E-state index is 0.170. The number of nitrogens with zero attached hydrogens (tertiary/aromatic N) is 3. The molecule has 30 heavy (non-hydrogen) atoms. The quantitative estimate of drug-likeness (QED) is 0.751. The number of rotatable bonds is 6. The van der Waals surface area contributed by atoms with Crippen LogP contribution in [-0.4, -0.2) is 49.9 Å². The zero-order valence-electron chi connectivity index (χ0n) is 17.9. The molecule has 0 spiro atoms. The van der Waals surface area contributed by atoms with Crippen LogP contribution in [0.5, 0.6) is 0 Å². The molecule has 1 aromatic heterocycles. The molecular weight excluding hydrogens is 400 g/mol. The van der Waals surface area contributed by atoms with Crippen molar-refractivity contribution >= 4 is 33.9 Å². The maximum atomic E-state index is 13.0. The highest BCUT2D eigenvalue weighted by molar-refractivity contribution is 7.17. The number of thiophene rings is 1. The van der Waals surface area contributed by atoms with E-state index in [2.05, 4.69) is 28.2 Å². The molecule has 2 aliphatic heterocycles. The number of nitrogens with one attached hydrogen (secondary N) is 1. The Morgan fingerprint density at radius 3 is 2.67 bits per heavy atom. The van der Waals surface area contributed by atoms with Crippen LogP contribution in [0.25, 0.3) is 0 Å². The molecule has 1 saturated heterocycles. The van der Waals surface area contributed by atoms with E-state index in [1.165, 1.54) is 11.3 Å². The predicted molar refractivity (Wildman–Crippen MR) is 118 cm³/mol. The van der Waals surface area contributed by atoms with E-state index in [0.29, 0.717) is 22.2 Å². The Morgan fingerprint density at radius 1 is 1.37 bits per heavy atom. The van der Waals surface area contributed by atoms with Crippen LogP contribution in [0.2, 0.25) is 0 Å². The van der Waals surface area contributed by atoms with Crippen LogP contribution < -0.4 is 10.2 Å². The molecule has 2 amide bonds. The summed E-state index contributed by atoms with van der Waals surface area (Å²) in [6.07, 6.45) is 3.73. The van der Waals surface area contributed by atoms with Crippen LogP contribution in [0.3, 0.4) is 0 Å². The van der Waals surface area contributed by atoms with Gasteiger partial charge in [-0.1, -0.05) is 5.57 Å². The summed E-state index contributed by atoms with van der Waals surface area (Å²) < 4.78 is 5.48. The minimum atomic E-state index is -0.462. The summed E-state index contributed by atoms with van der Waals surface area (Å²) >= 11 is 1.37. The molecule has 0 radical (unpaired) electrons. The van der Waals surface area contributed by atoms with E-state index in [4.69, 9.17) is 4.74 Å².